The molecule has 1 aliphatic heterocycles. The Bertz CT molecular complexity index is 553. The first-order valence-electron chi connectivity index (χ1n) is 7.59. The molecule has 2 aromatic carbocycles. The van der Waals surface area contributed by atoms with Gasteiger partial charge in [-0.1, -0.05) is 42.5 Å². The Kier molecular flexibility index (Phi) is 4.34. The third-order valence-corrected chi connectivity index (χ3v) is 4.18. The number of aliphatic hydroxyl groups is 1. The van der Waals surface area contributed by atoms with Crippen LogP contribution in [-0.4, -0.2) is 23.9 Å². The summed E-state index contributed by atoms with van der Waals surface area (Å²) in [7, 11) is 0. The number of fused-ring (bicyclic) bond motifs is 1. The maximum absolute atomic E-state index is 10.3. The predicted molar refractivity (Wildman–Crippen MR) is 81.9 cm³/mol. The van der Waals surface area contributed by atoms with Gasteiger partial charge in [-0.05, 0) is 48.4 Å². The van der Waals surface area contributed by atoms with Gasteiger partial charge in [-0.15, -0.1) is 0 Å². The highest BCUT2D eigenvalue weighted by Crippen LogP contribution is 2.22. The molecule has 2 unspecified atom stereocenters. The molecule has 3 rings (SSSR count). The van der Waals surface area contributed by atoms with Gasteiger partial charge < -0.3 is 9.84 Å². The van der Waals surface area contributed by atoms with Gasteiger partial charge in [0.1, 0.15) is 0 Å². The second-order valence-electron chi connectivity index (χ2n) is 5.71. The summed E-state index contributed by atoms with van der Waals surface area (Å²) >= 11 is 0. The number of hydrogen-bond acceptors (Lipinski definition) is 2. The molecule has 106 valence electrons. The van der Waals surface area contributed by atoms with E-state index in [1.165, 1.54) is 22.8 Å². The summed E-state index contributed by atoms with van der Waals surface area (Å²) in [4.78, 5) is 0. The van der Waals surface area contributed by atoms with Crippen LogP contribution in [0.3, 0.4) is 0 Å². The molecule has 0 bridgehead atoms. The quantitative estimate of drug-likeness (QED) is 0.897. The molecule has 0 spiro atoms. The van der Waals surface area contributed by atoms with Crippen molar-refractivity contribution in [2.75, 3.05) is 6.61 Å². The van der Waals surface area contributed by atoms with Crippen LogP contribution in [0.25, 0.3) is 10.8 Å². The van der Waals surface area contributed by atoms with E-state index in [4.69, 9.17) is 4.74 Å². The van der Waals surface area contributed by atoms with E-state index < -0.39 is 0 Å². The van der Waals surface area contributed by atoms with Crippen molar-refractivity contribution in [1.82, 2.24) is 0 Å². The Labute approximate surface area is 120 Å². The van der Waals surface area contributed by atoms with E-state index in [0.717, 1.165) is 32.3 Å². The first-order chi connectivity index (χ1) is 9.83. The average molecular weight is 270 g/mol. The summed E-state index contributed by atoms with van der Waals surface area (Å²) in [5.41, 5.74) is 1.24. The topological polar surface area (TPSA) is 29.5 Å². The first-order valence-corrected chi connectivity index (χ1v) is 7.59. The second-order valence-corrected chi connectivity index (χ2v) is 5.71. The van der Waals surface area contributed by atoms with Crippen molar-refractivity contribution < 1.29 is 9.84 Å². The SMILES string of the molecule is OC(CCC1CCCO1)Cc1cccc2ccccc12. The zero-order valence-corrected chi connectivity index (χ0v) is 11.8. The summed E-state index contributed by atoms with van der Waals surface area (Å²) in [6, 6.07) is 14.7. The minimum Gasteiger partial charge on any atom is -0.393 e. The van der Waals surface area contributed by atoms with Gasteiger partial charge in [-0.25, -0.2) is 0 Å². The van der Waals surface area contributed by atoms with Gasteiger partial charge >= 0.3 is 0 Å². The smallest absolute Gasteiger partial charge is 0.0581 e. The lowest BCUT2D eigenvalue weighted by Crippen LogP contribution is -2.15. The lowest BCUT2D eigenvalue weighted by molar-refractivity contribution is 0.0814. The van der Waals surface area contributed by atoms with Crippen molar-refractivity contribution in [3.63, 3.8) is 0 Å². The Morgan fingerprint density at radius 3 is 2.85 bits per heavy atom. The van der Waals surface area contributed by atoms with Gasteiger partial charge in [0.2, 0.25) is 0 Å². The Hall–Kier alpha value is -1.38. The standard InChI is InChI=1S/C18H22O2/c19-16(10-11-17-8-4-12-20-17)13-15-7-3-6-14-5-1-2-9-18(14)15/h1-3,5-7,9,16-17,19H,4,8,10-13H2. The fourth-order valence-electron chi connectivity index (χ4n) is 3.08. The van der Waals surface area contributed by atoms with Crippen molar-refractivity contribution in [2.45, 2.75) is 44.3 Å². The molecular formula is C18H22O2. The van der Waals surface area contributed by atoms with Gasteiger partial charge in [0.25, 0.3) is 0 Å². The molecular weight excluding hydrogens is 248 g/mol. The van der Waals surface area contributed by atoms with Crippen LogP contribution < -0.4 is 0 Å². The minimum absolute atomic E-state index is 0.273. The zero-order chi connectivity index (χ0) is 13.8. The van der Waals surface area contributed by atoms with Crippen molar-refractivity contribution >= 4 is 10.8 Å². The van der Waals surface area contributed by atoms with E-state index in [2.05, 4.69) is 42.5 Å². The average Bonchev–Trinajstić information content (AvgIpc) is 2.99. The van der Waals surface area contributed by atoms with Crippen molar-refractivity contribution in [1.29, 1.82) is 0 Å². The van der Waals surface area contributed by atoms with Crippen LogP contribution in [0.4, 0.5) is 0 Å². The Morgan fingerprint density at radius 1 is 1.15 bits per heavy atom. The molecule has 0 radical (unpaired) electrons. The van der Waals surface area contributed by atoms with Crippen molar-refractivity contribution in [2.24, 2.45) is 0 Å². The number of benzene rings is 2. The molecule has 20 heavy (non-hydrogen) atoms. The summed E-state index contributed by atoms with van der Waals surface area (Å²) in [5.74, 6) is 0. The summed E-state index contributed by atoms with van der Waals surface area (Å²) in [5, 5.41) is 12.8. The molecule has 0 amide bonds. The summed E-state index contributed by atoms with van der Waals surface area (Å²) in [6.45, 7) is 0.893. The largest absolute Gasteiger partial charge is 0.393 e. The lowest BCUT2D eigenvalue weighted by Gasteiger charge is -2.15. The fraction of sp³-hybridized carbons (Fsp3) is 0.444. The molecule has 1 N–H and O–H groups in total. The van der Waals surface area contributed by atoms with Crippen LogP contribution in [0.1, 0.15) is 31.2 Å². The third kappa shape index (κ3) is 3.20. The molecule has 0 aliphatic carbocycles. The zero-order valence-electron chi connectivity index (χ0n) is 11.8. The normalized spacial score (nSPS) is 20.4. The van der Waals surface area contributed by atoms with Gasteiger partial charge in [0, 0.05) is 6.61 Å². The van der Waals surface area contributed by atoms with Crippen LogP contribution >= 0.6 is 0 Å². The van der Waals surface area contributed by atoms with E-state index in [1.54, 1.807) is 0 Å². The van der Waals surface area contributed by atoms with E-state index in [9.17, 15) is 5.11 Å². The van der Waals surface area contributed by atoms with E-state index >= 15 is 0 Å². The van der Waals surface area contributed by atoms with Crippen LogP contribution in [0, 0.1) is 0 Å². The van der Waals surface area contributed by atoms with Crippen LogP contribution in [-0.2, 0) is 11.2 Å². The van der Waals surface area contributed by atoms with Crippen LogP contribution in [0.15, 0.2) is 42.5 Å². The minimum atomic E-state index is -0.273. The molecule has 2 aromatic rings. The summed E-state index contributed by atoms with van der Waals surface area (Å²) < 4.78 is 5.61. The highest BCUT2D eigenvalue weighted by atomic mass is 16.5. The number of ether oxygens (including phenoxy) is 1. The summed E-state index contributed by atoms with van der Waals surface area (Å²) in [6.07, 6.45) is 4.96. The van der Waals surface area contributed by atoms with Gasteiger partial charge in [-0.3, -0.25) is 0 Å². The van der Waals surface area contributed by atoms with Gasteiger partial charge in [0.15, 0.2) is 0 Å². The third-order valence-electron chi connectivity index (χ3n) is 4.18. The lowest BCUT2D eigenvalue weighted by atomic mass is 9.97. The van der Waals surface area contributed by atoms with E-state index in [0.29, 0.717) is 6.10 Å². The molecule has 1 heterocycles. The fourth-order valence-corrected chi connectivity index (χ4v) is 3.08. The molecule has 2 heteroatoms. The van der Waals surface area contributed by atoms with Crippen molar-refractivity contribution in [3.05, 3.63) is 48.0 Å². The molecule has 0 saturated carbocycles. The molecule has 2 nitrogen and oxygen atoms in total. The monoisotopic (exact) mass is 270 g/mol. The molecule has 1 aliphatic rings. The molecule has 0 aromatic heterocycles. The first kappa shape index (κ1) is 13.6. The highest BCUT2D eigenvalue weighted by molar-refractivity contribution is 5.85. The number of aliphatic hydroxyl groups excluding tert-OH is 1. The van der Waals surface area contributed by atoms with Crippen LogP contribution in [0.2, 0.25) is 0 Å². The maximum Gasteiger partial charge on any atom is 0.0581 e. The Balaban J connectivity index is 1.63. The molecule has 1 fully saturated rings. The molecule has 1 saturated heterocycles. The highest BCUT2D eigenvalue weighted by Gasteiger charge is 2.17. The second kappa shape index (κ2) is 6.38. The molecule has 2 atom stereocenters. The van der Waals surface area contributed by atoms with Crippen molar-refractivity contribution in [3.8, 4) is 0 Å². The Morgan fingerprint density at radius 2 is 2.00 bits per heavy atom. The van der Waals surface area contributed by atoms with E-state index in [-0.39, 0.29) is 6.10 Å². The van der Waals surface area contributed by atoms with E-state index in [1.807, 2.05) is 0 Å². The van der Waals surface area contributed by atoms with Gasteiger partial charge in [0.05, 0.1) is 12.2 Å². The van der Waals surface area contributed by atoms with Crippen LogP contribution in [0.5, 0.6) is 0 Å². The van der Waals surface area contributed by atoms with Gasteiger partial charge in [-0.2, -0.15) is 0 Å². The maximum atomic E-state index is 10.3. The predicted octanol–water partition coefficient (Wildman–Crippen LogP) is 3.70. The number of hydrogen-bond donors (Lipinski definition) is 1. The number of rotatable bonds is 5.